The molecule has 3 heterocycles. The highest BCUT2D eigenvalue weighted by Gasteiger charge is 2.52. The average molecular weight is 646 g/mol. The van der Waals surface area contributed by atoms with E-state index < -0.39 is 41.4 Å². The largest absolute Gasteiger partial charge is 0.463 e. The lowest BCUT2D eigenvalue weighted by atomic mass is 9.74. The Kier molecular flexibility index (Phi) is 12.1. The highest BCUT2D eigenvalue weighted by atomic mass is 16.7. The van der Waals surface area contributed by atoms with E-state index in [0.717, 1.165) is 26.2 Å². The Hall–Kier alpha value is -1.92. The van der Waals surface area contributed by atoms with Crippen molar-refractivity contribution in [3.05, 3.63) is 35.9 Å². The molecule has 0 aromatic heterocycles. The number of benzene rings is 1. The van der Waals surface area contributed by atoms with Crippen molar-refractivity contribution in [3.8, 4) is 0 Å². The number of ether oxygens (including phenoxy) is 4. The van der Waals surface area contributed by atoms with Crippen LogP contribution in [-0.2, 0) is 35.1 Å². The summed E-state index contributed by atoms with van der Waals surface area (Å²) in [4.78, 5) is 34.6. The van der Waals surface area contributed by atoms with E-state index >= 15 is 0 Å². The number of methoxy groups -OCH3 is 1. The van der Waals surface area contributed by atoms with E-state index in [1.807, 2.05) is 38.9 Å². The van der Waals surface area contributed by atoms with Crippen molar-refractivity contribution < 1.29 is 33.6 Å². The molecule has 0 bridgehead atoms. The minimum absolute atomic E-state index is 0.0126. The number of cyclic esters (lactones) is 1. The molecule has 10 nitrogen and oxygen atoms in total. The number of rotatable bonds is 7. The Morgan fingerprint density at radius 2 is 1.70 bits per heavy atom. The molecule has 4 rings (SSSR count). The molecule has 3 fully saturated rings. The summed E-state index contributed by atoms with van der Waals surface area (Å²) < 4.78 is 25.0. The maximum atomic E-state index is 14.2. The third kappa shape index (κ3) is 8.20. The first-order chi connectivity index (χ1) is 21.6. The second-order valence-corrected chi connectivity index (χ2v) is 15.3. The Balaban J connectivity index is 1.59. The van der Waals surface area contributed by atoms with Crippen LogP contribution in [0.2, 0.25) is 0 Å². The summed E-state index contributed by atoms with van der Waals surface area (Å²) in [6.45, 7) is 14.9. The van der Waals surface area contributed by atoms with Crippen molar-refractivity contribution in [2.45, 2.75) is 103 Å². The molecule has 1 aromatic rings. The van der Waals surface area contributed by atoms with Gasteiger partial charge in [-0.05, 0) is 73.2 Å². The summed E-state index contributed by atoms with van der Waals surface area (Å²) in [5, 5.41) is 11.3. The molecule has 0 radical (unpaired) electrons. The average Bonchev–Trinajstić information content (AvgIpc) is 2.98. The first-order valence-corrected chi connectivity index (χ1v) is 17.0. The molecule has 0 amide bonds. The summed E-state index contributed by atoms with van der Waals surface area (Å²) in [5.41, 5.74) is -1.05. The van der Waals surface area contributed by atoms with E-state index in [1.165, 1.54) is 5.56 Å². The highest BCUT2D eigenvalue weighted by molar-refractivity contribution is 6.04. The Morgan fingerprint density at radius 1 is 1.04 bits per heavy atom. The van der Waals surface area contributed by atoms with Gasteiger partial charge in [0.15, 0.2) is 12.1 Å². The zero-order chi connectivity index (χ0) is 34.0. The van der Waals surface area contributed by atoms with Gasteiger partial charge in [0.05, 0.1) is 17.8 Å². The number of carbonyl (C=O) groups is 2. The number of hydrogen-bond donors (Lipinski definition) is 1. The smallest absolute Gasteiger partial charge is 0.319 e. The van der Waals surface area contributed by atoms with Gasteiger partial charge in [-0.25, -0.2) is 0 Å². The molecule has 1 N–H and O–H groups in total. The lowest BCUT2D eigenvalue weighted by Gasteiger charge is -2.47. The zero-order valence-corrected chi connectivity index (χ0v) is 29.8. The van der Waals surface area contributed by atoms with Crippen LogP contribution >= 0.6 is 0 Å². The van der Waals surface area contributed by atoms with Gasteiger partial charge in [-0.2, -0.15) is 0 Å². The van der Waals surface area contributed by atoms with Crippen LogP contribution in [0.15, 0.2) is 30.3 Å². The van der Waals surface area contributed by atoms with Crippen molar-refractivity contribution >= 4 is 11.8 Å². The maximum Gasteiger partial charge on any atom is 0.319 e. The number of esters is 1. The van der Waals surface area contributed by atoms with Crippen molar-refractivity contribution in [1.82, 2.24) is 14.7 Å². The van der Waals surface area contributed by atoms with Gasteiger partial charge in [-0.15, -0.1) is 0 Å². The van der Waals surface area contributed by atoms with Gasteiger partial charge in [-0.1, -0.05) is 44.2 Å². The maximum absolute atomic E-state index is 14.2. The van der Waals surface area contributed by atoms with Crippen molar-refractivity contribution in [3.63, 3.8) is 0 Å². The SMILES string of the molecule is CO[C@]1(C)C[C@@H](C)CN(C)C(C2CN(Cc3ccccc3)C2)COC(=O)C(C)(C)C(=O)[C@H](C)[C@H]1O[C@@H]1O[C@H](C)C[C@H](N(C)C)[C@H]1O. The van der Waals surface area contributed by atoms with E-state index in [2.05, 4.69) is 48.0 Å². The van der Waals surface area contributed by atoms with Crippen LogP contribution in [0.5, 0.6) is 0 Å². The van der Waals surface area contributed by atoms with Crippen molar-refractivity contribution in [1.29, 1.82) is 0 Å². The molecule has 10 heteroatoms. The summed E-state index contributed by atoms with van der Waals surface area (Å²) in [6.07, 6.45) is -1.59. The number of likely N-dealkylation sites (tertiary alicyclic amines) is 1. The molecule has 0 spiro atoms. The lowest BCUT2D eigenvalue weighted by Crippen LogP contribution is -2.59. The number of aliphatic hydroxyl groups is 1. The summed E-state index contributed by atoms with van der Waals surface area (Å²) in [7, 11) is 7.60. The van der Waals surface area contributed by atoms with Gasteiger partial charge >= 0.3 is 5.97 Å². The first kappa shape index (κ1) is 36.9. The van der Waals surface area contributed by atoms with Crippen LogP contribution in [0.25, 0.3) is 0 Å². The first-order valence-electron chi connectivity index (χ1n) is 17.0. The molecule has 0 saturated carbocycles. The van der Waals surface area contributed by atoms with Crippen molar-refractivity contribution in [2.75, 3.05) is 54.5 Å². The number of likely N-dealkylation sites (N-methyl/N-ethyl adjacent to an activating group) is 2. The third-order valence-corrected chi connectivity index (χ3v) is 10.7. The fourth-order valence-electron chi connectivity index (χ4n) is 7.88. The molecule has 9 atom stereocenters. The van der Waals surface area contributed by atoms with Crippen LogP contribution in [-0.4, -0.2) is 128 Å². The molecule has 3 aliphatic rings. The minimum atomic E-state index is -1.41. The van der Waals surface area contributed by atoms with Crippen LogP contribution in [0, 0.1) is 23.2 Å². The minimum Gasteiger partial charge on any atom is -0.463 e. The number of hydrogen-bond acceptors (Lipinski definition) is 10. The monoisotopic (exact) mass is 645 g/mol. The van der Waals surface area contributed by atoms with Crippen LogP contribution in [0.3, 0.4) is 0 Å². The number of Topliss-reactive ketones (excluding diaryl/α,β-unsaturated/α-hetero) is 1. The molecule has 260 valence electrons. The predicted octanol–water partition coefficient (Wildman–Crippen LogP) is 3.45. The molecule has 1 aromatic carbocycles. The topological polar surface area (TPSA) is 101 Å². The van der Waals surface area contributed by atoms with Crippen LogP contribution in [0.1, 0.15) is 59.9 Å². The van der Waals surface area contributed by atoms with Gasteiger partial charge in [0.2, 0.25) is 0 Å². The highest BCUT2D eigenvalue weighted by Crippen LogP contribution is 2.38. The summed E-state index contributed by atoms with van der Waals surface area (Å²) in [5.74, 6) is -1.09. The van der Waals surface area contributed by atoms with Gasteiger partial charge in [0, 0.05) is 57.2 Å². The third-order valence-electron chi connectivity index (χ3n) is 10.7. The lowest BCUT2D eigenvalue weighted by molar-refractivity contribution is -0.295. The van der Waals surface area contributed by atoms with Crippen LogP contribution < -0.4 is 0 Å². The number of nitrogens with zero attached hydrogens (tertiary/aromatic N) is 3. The Bertz CT molecular complexity index is 1160. The van der Waals surface area contributed by atoms with E-state index in [4.69, 9.17) is 18.9 Å². The number of carbonyl (C=O) groups excluding carboxylic acids is 2. The fourth-order valence-corrected chi connectivity index (χ4v) is 7.88. The normalized spacial score (nSPS) is 37.6. The standard InChI is InChI=1S/C36H59N3O7/c1-23-17-36(6,43-10)32(46-33-30(40)28(37(7)8)16-24(2)45-33)25(3)31(41)35(4,5)34(42)44-22-29(38(9)18-23)27-20-39(21-27)19-26-14-12-11-13-15-26/h11-15,23-25,27-30,32-33,40H,16-22H2,1-10H3/t23-,24-,25+,28+,29?,30-,32-,33+,36-/m1/s1. The molecule has 0 aliphatic carbocycles. The van der Waals surface area contributed by atoms with E-state index in [1.54, 1.807) is 27.9 Å². The van der Waals surface area contributed by atoms with Gasteiger partial charge in [0.1, 0.15) is 18.1 Å². The molecular formula is C36H59N3O7. The predicted molar refractivity (Wildman–Crippen MR) is 177 cm³/mol. The Morgan fingerprint density at radius 3 is 2.30 bits per heavy atom. The van der Waals surface area contributed by atoms with E-state index in [-0.39, 0.29) is 36.5 Å². The fraction of sp³-hybridized carbons (Fsp3) is 0.778. The summed E-state index contributed by atoms with van der Waals surface area (Å²) >= 11 is 0. The molecule has 46 heavy (non-hydrogen) atoms. The molecule has 1 unspecified atom stereocenters. The summed E-state index contributed by atoms with van der Waals surface area (Å²) in [6, 6.07) is 10.3. The number of ketones is 1. The molecular weight excluding hydrogens is 586 g/mol. The number of aliphatic hydroxyl groups excluding tert-OH is 1. The molecule has 3 saturated heterocycles. The van der Waals surface area contributed by atoms with Gasteiger partial charge < -0.3 is 29.0 Å². The van der Waals surface area contributed by atoms with E-state index in [9.17, 15) is 14.7 Å². The second kappa shape index (κ2) is 15.1. The van der Waals surface area contributed by atoms with E-state index in [0.29, 0.717) is 18.8 Å². The van der Waals surface area contributed by atoms with Gasteiger partial charge in [0.25, 0.3) is 0 Å². The zero-order valence-electron chi connectivity index (χ0n) is 29.8. The second-order valence-electron chi connectivity index (χ2n) is 15.3. The van der Waals surface area contributed by atoms with Crippen molar-refractivity contribution in [2.24, 2.45) is 23.2 Å². The Labute approximate surface area is 276 Å². The quantitative estimate of drug-likeness (QED) is 0.351. The van der Waals surface area contributed by atoms with Crippen LogP contribution in [0.4, 0.5) is 0 Å². The van der Waals surface area contributed by atoms with Gasteiger partial charge in [-0.3, -0.25) is 19.4 Å². The molecule has 3 aliphatic heterocycles.